The van der Waals surface area contributed by atoms with E-state index in [1.807, 2.05) is 0 Å². The molecule has 102 valence electrons. The summed E-state index contributed by atoms with van der Waals surface area (Å²) in [7, 11) is -1.20. The molecule has 0 radical (unpaired) electrons. The first kappa shape index (κ1) is 14.8. The van der Waals surface area contributed by atoms with Crippen LogP contribution in [0.25, 0.3) is 0 Å². The maximum atomic E-state index is 12.6. The van der Waals surface area contributed by atoms with Crippen molar-refractivity contribution >= 4 is 34.0 Å². The molecule has 0 N–H and O–H groups in total. The summed E-state index contributed by atoms with van der Waals surface area (Å²) in [5.41, 5.74) is 0. The summed E-state index contributed by atoms with van der Waals surface area (Å²) in [5, 5.41) is 10.0. The summed E-state index contributed by atoms with van der Waals surface area (Å²) in [6.45, 7) is 0. The van der Waals surface area contributed by atoms with Gasteiger partial charge in [0, 0.05) is 4.90 Å². The predicted octanol–water partition coefficient (Wildman–Crippen LogP) is 4.57. The van der Waals surface area contributed by atoms with Crippen LogP contribution in [-0.4, -0.2) is 9.46 Å². The highest BCUT2D eigenvalue weighted by Gasteiger charge is 2.29. The molecule has 2 nitrogen and oxygen atoms in total. The Morgan fingerprint density at radius 1 is 1.16 bits per heavy atom. The van der Waals surface area contributed by atoms with Crippen LogP contribution in [-0.2, 0) is 10.8 Å². The van der Waals surface area contributed by atoms with Crippen molar-refractivity contribution < 1.29 is 4.21 Å². The third-order valence-corrected chi connectivity index (χ3v) is 6.09. The molecule has 0 spiro atoms. The molecule has 0 bridgehead atoms. The summed E-state index contributed by atoms with van der Waals surface area (Å²) in [4.78, 5) is 0.668. The first-order valence-corrected chi connectivity index (χ1v) is 8.35. The molecule has 1 aromatic rings. The van der Waals surface area contributed by atoms with Crippen LogP contribution in [0.3, 0.4) is 0 Å². The molecule has 3 unspecified atom stereocenters. The molecular formula is C14H15Cl2NOS. The van der Waals surface area contributed by atoms with Crippen LogP contribution in [0.4, 0.5) is 0 Å². The Balaban J connectivity index is 2.25. The normalized spacial score (nSPS) is 25.3. The lowest BCUT2D eigenvalue weighted by Crippen LogP contribution is -2.23. The molecule has 5 heteroatoms. The molecule has 1 aliphatic carbocycles. The lowest BCUT2D eigenvalue weighted by atomic mass is 10.0. The van der Waals surface area contributed by atoms with E-state index in [0.29, 0.717) is 14.9 Å². The fourth-order valence-electron chi connectivity index (χ4n) is 2.45. The summed E-state index contributed by atoms with van der Waals surface area (Å²) in [5.74, 6) is -0.127. The molecular weight excluding hydrogens is 301 g/mol. The second-order valence-electron chi connectivity index (χ2n) is 4.79. The van der Waals surface area contributed by atoms with E-state index in [-0.39, 0.29) is 11.2 Å². The Hall–Kier alpha value is -0.560. The number of nitrogens with zero attached hydrogens (tertiary/aromatic N) is 1. The third-order valence-electron chi connectivity index (χ3n) is 3.52. The van der Waals surface area contributed by atoms with Gasteiger partial charge in [-0.2, -0.15) is 5.26 Å². The highest BCUT2D eigenvalue weighted by molar-refractivity contribution is 7.85. The van der Waals surface area contributed by atoms with Gasteiger partial charge in [-0.1, -0.05) is 42.5 Å². The van der Waals surface area contributed by atoms with Crippen LogP contribution in [0, 0.1) is 17.2 Å². The van der Waals surface area contributed by atoms with E-state index in [9.17, 15) is 9.47 Å². The van der Waals surface area contributed by atoms with Crippen molar-refractivity contribution in [3.8, 4) is 6.07 Å². The Morgan fingerprint density at radius 3 is 2.58 bits per heavy atom. The van der Waals surface area contributed by atoms with Gasteiger partial charge in [-0.05, 0) is 31.0 Å². The molecule has 1 fully saturated rings. The van der Waals surface area contributed by atoms with Gasteiger partial charge < -0.3 is 0 Å². The summed E-state index contributed by atoms with van der Waals surface area (Å²) in [6.07, 6.45) is 4.88. The van der Waals surface area contributed by atoms with Gasteiger partial charge in [0.1, 0.15) is 0 Å². The SMILES string of the molecule is N#CC1CCCCCC1S(=O)c1ccc(Cl)c(Cl)c1. The average Bonchev–Trinajstić information content (AvgIpc) is 2.66. The molecule has 0 amide bonds. The molecule has 2 rings (SSSR count). The van der Waals surface area contributed by atoms with Gasteiger partial charge in [0.05, 0.1) is 38.1 Å². The van der Waals surface area contributed by atoms with E-state index < -0.39 is 10.8 Å². The smallest absolute Gasteiger partial charge is 0.0668 e. The van der Waals surface area contributed by atoms with Crippen molar-refractivity contribution in [2.75, 3.05) is 0 Å². The minimum Gasteiger partial charge on any atom is -0.254 e. The van der Waals surface area contributed by atoms with Crippen molar-refractivity contribution in [2.45, 2.75) is 42.2 Å². The molecule has 0 aromatic heterocycles. The first-order chi connectivity index (χ1) is 9.13. The second kappa shape index (κ2) is 6.74. The van der Waals surface area contributed by atoms with Crippen LogP contribution in [0.5, 0.6) is 0 Å². The van der Waals surface area contributed by atoms with Gasteiger partial charge in [-0.25, -0.2) is 0 Å². The van der Waals surface area contributed by atoms with Crippen LogP contribution in [0.1, 0.15) is 32.1 Å². The predicted molar refractivity (Wildman–Crippen MR) is 78.8 cm³/mol. The van der Waals surface area contributed by atoms with Crippen molar-refractivity contribution in [1.82, 2.24) is 0 Å². The topological polar surface area (TPSA) is 40.9 Å². The molecule has 1 aromatic carbocycles. The van der Waals surface area contributed by atoms with Crippen LogP contribution in [0.15, 0.2) is 23.1 Å². The van der Waals surface area contributed by atoms with E-state index in [1.165, 1.54) is 0 Å². The van der Waals surface area contributed by atoms with Crippen molar-refractivity contribution in [3.05, 3.63) is 28.2 Å². The zero-order valence-electron chi connectivity index (χ0n) is 10.4. The quantitative estimate of drug-likeness (QED) is 0.750. The number of halogens is 2. The molecule has 1 aliphatic rings. The highest BCUT2D eigenvalue weighted by atomic mass is 35.5. The standard InChI is InChI=1S/C14H15Cl2NOS/c15-12-7-6-11(8-13(12)16)19(18)14-5-3-1-2-4-10(14)9-17/h6-8,10,14H,1-5H2. The molecule has 19 heavy (non-hydrogen) atoms. The second-order valence-corrected chi connectivity index (χ2v) is 7.27. The van der Waals surface area contributed by atoms with Gasteiger partial charge in [0.2, 0.25) is 0 Å². The first-order valence-electron chi connectivity index (χ1n) is 6.38. The highest BCUT2D eigenvalue weighted by Crippen LogP contribution is 2.31. The van der Waals surface area contributed by atoms with Crippen molar-refractivity contribution in [1.29, 1.82) is 5.26 Å². The van der Waals surface area contributed by atoms with E-state index >= 15 is 0 Å². The summed E-state index contributed by atoms with van der Waals surface area (Å²) < 4.78 is 12.6. The fraction of sp³-hybridized carbons (Fsp3) is 0.500. The van der Waals surface area contributed by atoms with Gasteiger partial charge in [-0.3, -0.25) is 4.21 Å². The van der Waals surface area contributed by atoms with E-state index in [0.717, 1.165) is 32.1 Å². The number of benzene rings is 1. The zero-order chi connectivity index (χ0) is 13.8. The van der Waals surface area contributed by atoms with E-state index in [4.69, 9.17) is 23.2 Å². The fourth-order valence-corrected chi connectivity index (χ4v) is 4.48. The van der Waals surface area contributed by atoms with E-state index in [2.05, 4.69) is 6.07 Å². The summed E-state index contributed by atoms with van der Waals surface area (Å²) in [6, 6.07) is 7.37. The van der Waals surface area contributed by atoms with Gasteiger partial charge in [0.25, 0.3) is 0 Å². The monoisotopic (exact) mass is 315 g/mol. The van der Waals surface area contributed by atoms with Crippen molar-refractivity contribution in [3.63, 3.8) is 0 Å². The molecule has 0 saturated heterocycles. The summed E-state index contributed by atoms with van der Waals surface area (Å²) >= 11 is 11.8. The maximum absolute atomic E-state index is 12.6. The Bertz CT molecular complexity index is 527. The number of hydrogen-bond acceptors (Lipinski definition) is 2. The Morgan fingerprint density at radius 2 is 1.89 bits per heavy atom. The minimum absolute atomic E-state index is 0.0928. The van der Waals surface area contributed by atoms with Gasteiger partial charge in [0.15, 0.2) is 0 Å². The lowest BCUT2D eigenvalue weighted by molar-refractivity contribution is 0.564. The Labute approximate surface area is 126 Å². The van der Waals surface area contributed by atoms with Crippen LogP contribution in [0.2, 0.25) is 10.0 Å². The molecule has 0 heterocycles. The third kappa shape index (κ3) is 3.51. The van der Waals surface area contributed by atoms with Gasteiger partial charge >= 0.3 is 0 Å². The largest absolute Gasteiger partial charge is 0.254 e. The maximum Gasteiger partial charge on any atom is 0.0668 e. The molecule has 0 aliphatic heterocycles. The van der Waals surface area contributed by atoms with Crippen LogP contribution >= 0.6 is 23.2 Å². The number of hydrogen-bond donors (Lipinski definition) is 0. The minimum atomic E-state index is -1.20. The lowest BCUT2D eigenvalue weighted by Gasteiger charge is -2.18. The molecule has 3 atom stereocenters. The Kier molecular flexibility index (Phi) is 5.27. The van der Waals surface area contributed by atoms with Gasteiger partial charge in [-0.15, -0.1) is 0 Å². The number of nitriles is 1. The average molecular weight is 316 g/mol. The van der Waals surface area contributed by atoms with Crippen LogP contribution < -0.4 is 0 Å². The number of rotatable bonds is 2. The molecule has 1 saturated carbocycles. The van der Waals surface area contributed by atoms with Crippen molar-refractivity contribution in [2.24, 2.45) is 5.92 Å². The zero-order valence-corrected chi connectivity index (χ0v) is 12.8. The van der Waals surface area contributed by atoms with E-state index in [1.54, 1.807) is 18.2 Å².